The Morgan fingerprint density at radius 2 is 0.870 bits per heavy atom. The normalized spacial score (nSPS) is 17.1. The molecule has 1 fully saturated rings. The molecule has 1 saturated carbocycles. The maximum Gasteiger partial charge on any atom is 0.127 e. The van der Waals surface area contributed by atoms with Gasteiger partial charge in [0.25, 0.3) is 0 Å². The standard InChI is InChI=1S/C50H56O2S2/c1-49(2,3)37-27-35(47(51)43(29-37)41-23-15-19-33-17-11-13-21-39(33)41)31-53-45-25-9-7-8-10-26-46(45)54-32-36-28-38(50(4,5)6)30-44(48(36)52)42-24-16-20-34-18-12-14-22-40(34)42/h11-24,27-30,45-46,51-52H,7-10,25-26,31-32H2,1-6H3. The molecule has 0 heterocycles. The third-order valence-electron chi connectivity index (χ3n) is 11.3. The second kappa shape index (κ2) is 16.1. The summed E-state index contributed by atoms with van der Waals surface area (Å²) in [5, 5.41) is 29.6. The van der Waals surface area contributed by atoms with E-state index in [1.54, 1.807) is 0 Å². The number of fused-ring (bicyclic) bond motifs is 2. The molecular weight excluding hydrogens is 697 g/mol. The van der Waals surface area contributed by atoms with Gasteiger partial charge < -0.3 is 10.2 Å². The lowest BCUT2D eigenvalue weighted by Gasteiger charge is -2.30. The fourth-order valence-corrected chi connectivity index (χ4v) is 11.1. The highest BCUT2D eigenvalue weighted by molar-refractivity contribution is 8.03. The third kappa shape index (κ3) is 8.36. The van der Waals surface area contributed by atoms with Crippen LogP contribution >= 0.6 is 23.5 Å². The fraction of sp³-hybridized carbons (Fsp3) is 0.360. The number of aromatic hydroxyl groups is 2. The minimum Gasteiger partial charge on any atom is -0.507 e. The van der Waals surface area contributed by atoms with Gasteiger partial charge in [0.2, 0.25) is 0 Å². The lowest BCUT2D eigenvalue weighted by atomic mass is 9.83. The molecule has 6 aromatic rings. The molecule has 1 aliphatic rings. The maximum atomic E-state index is 12.0. The second-order valence-corrected chi connectivity index (χ2v) is 19.8. The van der Waals surface area contributed by atoms with Crippen molar-refractivity contribution in [1.29, 1.82) is 0 Å². The number of phenols is 2. The predicted molar refractivity (Wildman–Crippen MR) is 237 cm³/mol. The number of thioether (sulfide) groups is 2. The monoisotopic (exact) mass is 752 g/mol. The third-order valence-corrected chi connectivity index (χ3v) is 14.4. The topological polar surface area (TPSA) is 40.5 Å². The van der Waals surface area contributed by atoms with E-state index in [9.17, 15) is 10.2 Å². The maximum absolute atomic E-state index is 12.0. The summed E-state index contributed by atoms with van der Waals surface area (Å²) in [7, 11) is 0. The summed E-state index contributed by atoms with van der Waals surface area (Å²) in [5.74, 6) is 2.36. The van der Waals surface area contributed by atoms with Crippen molar-refractivity contribution < 1.29 is 10.2 Å². The molecule has 0 amide bonds. The van der Waals surface area contributed by atoms with Gasteiger partial charge in [-0.15, -0.1) is 0 Å². The van der Waals surface area contributed by atoms with Crippen molar-refractivity contribution in [2.75, 3.05) is 0 Å². The van der Waals surface area contributed by atoms with Crippen LogP contribution in [-0.4, -0.2) is 20.7 Å². The zero-order valence-corrected chi connectivity index (χ0v) is 34.5. The van der Waals surface area contributed by atoms with Gasteiger partial charge in [-0.05, 0) is 79.6 Å². The van der Waals surface area contributed by atoms with Gasteiger partial charge in [-0.2, -0.15) is 23.5 Å². The van der Waals surface area contributed by atoms with Crippen LogP contribution in [0.5, 0.6) is 11.5 Å². The molecule has 0 spiro atoms. The molecular formula is C50H56O2S2. The van der Waals surface area contributed by atoms with Gasteiger partial charge in [-0.3, -0.25) is 0 Å². The summed E-state index contributed by atoms with van der Waals surface area (Å²) in [6, 6.07) is 38.7. The largest absolute Gasteiger partial charge is 0.507 e. The van der Waals surface area contributed by atoms with Crippen molar-refractivity contribution >= 4 is 45.1 Å². The van der Waals surface area contributed by atoms with Crippen molar-refractivity contribution in [3.8, 4) is 33.8 Å². The van der Waals surface area contributed by atoms with E-state index in [1.165, 1.54) is 71.2 Å². The molecule has 0 aliphatic heterocycles. The van der Waals surface area contributed by atoms with Crippen LogP contribution in [0, 0.1) is 0 Å². The van der Waals surface area contributed by atoms with Crippen molar-refractivity contribution in [1.82, 2.24) is 0 Å². The number of phenolic OH excluding ortho intramolecular Hbond substituents is 2. The van der Waals surface area contributed by atoms with Crippen molar-refractivity contribution in [2.24, 2.45) is 0 Å². The first-order valence-corrected chi connectivity index (χ1v) is 21.9. The van der Waals surface area contributed by atoms with E-state index in [4.69, 9.17) is 0 Å². The minimum atomic E-state index is -0.0560. The molecule has 54 heavy (non-hydrogen) atoms. The zero-order chi connectivity index (χ0) is 38.0. The van der Waals surface area contributed by atoms with E-state index < -0.39 is 0 Å². The molecule has 0 saturated heterocycles. The Morgan fingerprint density at radius 1 is 0.481 bits per heavy atom. The number of hydrogen-bond acceptors (Lipinski definition) is 4. The predicted octanol–water partition coefficient (Wildman–Crippen LogP) is 14.6. The van der Waals surface area contributed by atoms with E-state index in [2.05, 4.69) is 151 Å². The summed E-state index contributed by atoms with van der Waals surface area (Å²) >= 11 is 4.05. The summed E-state index contributed by atoms with van der Waals surface area (Å²) < 4.78 is 0. The van der Waals surface area contributed by atoms with Crippen LogP contribution < -0.4 is 0 Å². The summed E-state index contributed by atoms with van der Waals surface area (Å²) in [4.78, 5) is 0. The number of hydrogen-bond donors (Lipinski definition) is 2. The average molecular weight is 753 g/mol. The van der Waals surface area contributed by atoms with E-state index >= 15 is 0 Å². The Hall–Kier alpha value is -3.86. The highest BCUT2D eigenvalue weighted by Gasteiger charge is 2.28. The van der Waals surface area contributed by atoms with E-state index in [1.807, 2.05) is 23.5 Å². The Balaban J connectivity index is 1.19. The quantitative estimate of drug-likeness (QED) is 0.162. The lowest BCUT2D eigenvalue weighted by Crippen LogP contribution is -2.22. The molecule has 2 nitrogen and oxygen atoms in total. The van der Waals surface area contributed by atoms with Crippen molar-refractivity contribution in [3.05, 3.63) is 131 Å². The van der Waals surface area contributed by atoms with Gasteiger partial charge in [0.05, 0.1) is 0 Å². The van der Waals surface area contributed by atoms with Crippen LogP contribution in [0.3, 0.4) is 0 Å². The van der Waals surface area contributed by atoms with Gasteiger partial charge in [0.15, 0.2) is 0 Å². The van der Waals surface area contributed by atoms with Crippen LogP contribution in [0.1, 0.15) is 102 Å². The lowest BCUT2D eigenvalue weighted by molar-refractivity contribution is 0.470. The zero-order valence-electron chi connectivity index (χ0n) is 32.9. The molecule has 7 rings (SSSR count). The molecule has 6 aromatic carbocycles. The van der Waals surface area contributed by atoms with Crippen LogP contribution in [0.25, 0.3) is 43.8 Å². The molecule has 2 atom stereocenters. The summed E-state index contributed by atoms with van der Waals surface area (Å²) in [6.45, 7) is 13.6. The van der Waals surface area contributed by atoms with E-state index in [-0.39, 0.29) is 10.8 Å². The van der Waals surface area contributed by atoms with Gasteiger partial charge in [0.1, 0.15) is 11.5 Å². The fourth-order valence-electron chi connectivity index (χ4n) is 8.00. The van der Waals surface area contributed by atoms with Gasteiger partial charge >= 0.3 is 0 Å². The Labute approximate surface area is 331 Å². The number of rotatable bonds is 8. The van der Waals surface area contributed by atoms with Crippen molar-refractivity contribution in [3.63, 3.8) is 0 Å². The van der Waals surface area contributed by atoms with Crippen LogP contribution in [0.15, 0.2) is 109 Å². The Morgan fingerprint density at radius 3 is 1.28 bits per heavy atom. The summed E-state index contributed by atoms with van der Waals surface area (Å²) in [5.41, 5.74) is 8.46. The molecule has 0 aromatic heterocycles. The molecule has 0 bridgehead atoms. The summed E-state index contributed by atoms with van der Waals surface area (Å²) in [6.07, 6.45) is 7.39. The van der Waals surface area contributed by atoms with Crippen LogP contribution in [0.4, 0.5) is 0 Å². The highest BCUT2D eigenvalue weighted by Crippen LogP contribution is 2.46. The molecule has 280 valence electrons. The molecule has 1 aliphatic carbocycles. The molecule has 2 N–H and O–H groups in total. The minimum absolute atomic E-state index is 0.0560. The SMILES string of the molecule is CC(C)(C)c1cc(CSC2CCCCCCC2SCc2cc(C(C)(C)C)cc(-c3cccc4ccccc34)c2O)c(O)c(-c2cccc3ccccc23)c1. The van der Waals surface area contributed by atoms with E-state index in [0.29, 0.717) is 22.0 Å². The van der Waals surface area contributed by atoms with Gasteiger partial charge in [-0.25, -0.2) is 0 Å². The van der Waals surface area contributed by atoms with Crippen LogP contribution in [0.2, 0.25) is 0 Å². The Bertz CT molecular complexity index is 2090. The molecule has 4 heteroatoms. The molecule has 2 unspecified atom stereocenters. The number of benzene rings is 6. The smallest absolute Gasteiger partial charge is 0.127 e. The van der Waals surface area contributed by atoms with Gasteiger partial charge in [-0.1, -0.05) is 164 Å². The first-order chi connectivity index (χ1) is 25.9. The highest BCUT2D eigenvalue weighted by atomic mass is 32.2. The van der Waals surface area contributed by atoms with Crippen molar-refractivity contribution in [2.45, 2.75) is 113 Å². The first-order valence-electron chi connectivity index (χ1n) is 19.8. The van der Waals surface area contributed by atoms with Gasteiger partial charge in [0, 0.05) is 44.3 Å². The molecule has 0 radical (unpaired) electrons. The average Bonchev–Trinajstić information content (AvgIpc) is 3.14. The Kier molecular flexibility index (Phi) is 11.4. The van der Waals surface area contributed by atoms with E-state index in [0.717, 1.165) is 44.9 Å². The second-order valence-electron chi connectivity index (χ2n) is 17.3. The first kappa shape index (κ1) is 38.4. The van der Waals surface area contributed by atoms with Crippen LogP contribution in [-0.2, 0) is 22.3 Å².